The summed E-state index contributed by atoms with van der Waals surface area (Å²) in [5, 5.41) is 4.74. The van der Waals surface area contributed by atoms with E-state index in [4.69, 9.17) is 20.9 Å². The summed E-state index contributed by atoms with van der Waals surface area (Å²) in [6.07, 6.45) is 0.417. The average Bonchev–Trinajstić information content (AvgIpc) is 3.40. The summed E-state index contributed by atoms with van der Waals surface area (Å²) in [6.45, 7) is 4.01. The summed E-state index contributed by atoms with van der Waals surface area (Å²) < 4.78 is 10.6. The Balaban J connectivity index is 1.13. The van der Waals surface area contributed by atoms with Crippen molar-refractivity contribution in [2.24, 2.45) is 0 Å². The minimum Gasteiger partial charge on any atom is -0.497 e. The molecule has 8 heteroatoms. The quantitative estimate of drug-likeness (QED) is 0.356. The van der Waals surface area contributed by atoms with Crippen molar-refractivity contribution in [2.75, 3.05) is 33.3 Å². The van der Waals surface area contributed by atoms with Crippen molar-refractivity contribution in [1.29, 1.82) is 0 Å². The smallest absolute Gasteiger partial charge is 0.258 e. The molecule has 0 spiro atoms. The molecule has 3 aromatic carbocycles. The summed E-state index contributed by atoms with van der Waals surface area (Å²) in [6, 6.07) is 23.2. The second kappa shape index (κ2) is 10.9. The summed E-state index contributed by atoms with van der Waals surface area (Å²) in [5.41, 5.74) is 3.89. The van der Waals surface area contributed by atoms with Crippen molar-refractivity contribution in [1.82, 2.24) is 19.9 Å². The summed E-state index contributed by atoms with van der Waals surface area (Å²) in [7, 11) is 1.64. The lowest BCUT2D eigenvalue weighted by Crippen LogP contribution is -2.48. The van der Waals surface area contributed by atoms with Gasteiger partial charge in [0.25, 0.3) is 5.89 Å². The van der Waals surface area contributed by atoms with Crippen LogP contribution in [0.2, 0.25) is 5.02 Å². The number of halogens is 1. The van der Waals surface area contributed by atoms with Gasteiger partial charge in [0.2, 0.25) is 11.7 Å². The highest BCUT2D eigenvalue weighted by Crippen LogP contribution is 2.25. The van der Waals surface area contributed by atoms with E-state index >= 15 is 0 Å². The summed E-state index contributed by atoms with van der Waals surface area (Å²) in [5.74, 6) is 1.95. The number of methoxy groups -OCH3 is 1. The van der Waals surface area contributed by atoms with Gasteiger partial charge in [-0.3, -0.25) is 9.69 Å². The van der Waals surface area contributed by atoms with Gasteiger partial charge in [-0.05, 0) is 41.5 Å². The van der Waals surface area contributed by atoms with Crippen LogP contribution in [-0.4, -0.2) is 59.1 Å². The van der Waals surface area contributed by atoms with Crippen LogP contribution in [0.5, 0.6) is 5.75 Å². The molecule has 0 aliphatic carbocycles. The van der Waals surface area contributed by atoms with Crippen LogP contribution in [0.4, 0.5) is 0 Å². The Morgan fingerprint density at radius 1 is 0.944 bits per heavy atom. The molecule has 184 valence electrons. The molecule has 0 atom stereocenters. The number of hydrogen-bond acceptors (Lipinski definition) is 6. The fourth-order valence-corrected chi connectivity index (χ4v) is 4.47. The SMILES string of the molecule is COc1ccc(CC(=O)N2CCN(Cc3ccc(-c4noc(-c5cccc(Cl)c5)n4)cc3)CC2)cc1. The van der Waals surface area contributed by atoms with Crippen molar-refractivity contribution in [3.63, 3.8) is 0 Å². The van der Waals surface area contributed by atoms with E-state index in [1.165, 1.54) is 5.56 Å². The van der Waals surface area contributed by atoms with Gasteiger partial charge in [0.05, 0.1) is 13.5 Å². The number of piperazine rings is 1. The number of carbonyl (C=O) groups is 1. The largest absolute Gasteiger partial charge is 0.497 e. The van der Waals surface area contributed by atoms with E-state index in [2.05, 4.69) is 27.2 Å². The molecule has 0 radical (unpaired) electrons. The standard InChI is InChI=1S/C28H27ClN4O3/c1-35-25-11-7-20(8-12-25)17-26(34)33-15-13-32(14-16-33)19-21-5-9-22(10-6-21)27-30-28(36-31-27)23-3-2-4-24(29)18-23/h2-12,18H,13-17,19H2,1H3. The van der Waals surface area contributed by atoms with Crippen molar-refractivity contribution >= 4 is 17.5 Å². The number of aromatic nitrogens is 2. The maximum absolute atomic E-state index is 12.7. The molecule has 2 heterocycles. The van der Waals surface area contributed by atoms with Gasteiger partial charge in [0.1, 0.15) is 5.75 Å². The van der Waals surface area contributed by atoms with Crippen molar-refractivity contribution < 1.29 is 14.1 Å². The average molecular weight is 503 g/mol. The Morgan fingerprint density at radius 3 is 2.36 bits per heavy atom. The van der Waals surface area contributed by atoms with Crippen molar-refractivity contribution in [3.8, 4) is 28.6 Å². The molecule has 5 rings (SSSR count). The molecule has 0 bridgehead atoms. The molecule has 1 aromatic heterocycles. The highest BCUT2D eigenvalue weighted by molar-refractivity contribution is 6.30. The number of benzene rings is 3. The number of carbonyl (C=O) groups excluding carboxylic acids is 1. The zero-order valence-electron chi connectivity index (χ0n) is 20.1. The maximum atomic E-state index is 12.7. The second-order valence-electron chi connectivity index (χ2n) is 8.81. The fourth-order valence-electron chi connectivity index (χ4n) is 4.28. The van der Waals surface area contributed by atoms with Gasteiger partial charge in [0.15, 0.2) is 0 Å². The van der Waals surface area contributed by atoms with Gasteiger partial charge in [-0.2, -0.15) is 4.98 Å². The first kappa shape index (κ1) is 24.0. The fraction of sp³-hybridized carbons (Fsp3) is 0.250. The monoisotopic (exact) mass is 502 g/mol. The van der Waals surface area contributed by atoms with Crippen LogP contribution in [0.3, 0.4) is 0 Å². The van der Waals surface area contributed by atoms with Gasteiger partial charge in [-0.1, -0.05) is 59.2 Å². The molecule has 1 aliphatic rings. The van der Waals surface area contributed by atoms with E-state index in [-0.39, 0.29) is 5.91 Å². The Morgan fingerprint density at radius 2 is 1.67 bits per heavy atom. The first-order valence-electron chi connectivity index (χ1n) is 11.9. The van der Waals surface area contributed by atoms with Gasteiger partial charge < -0.3 is 14.2 Å². The molecule has 1 aliphatic heterocycles. The van der Waals surface area contributed by atoms with Gasteiger partial charge >= 0.3 is 0 Å². The number of amides is 1. The van der Waals surface area contributed by atoms with Crippen LogP contribution >= 0.6 is 11.6 Å². The first-order chi connectivity index (χ1) is 17.6. The van der Waals surface area contributed by atoms with Crippen molar-refractivity contribution in [3.05, 3.63) is 88.9 Å². The summed E-state index contributed by atoms with van der Waals surface area (Å²) >= 11 is 6.06. The minimum atomic E-state index is 0.168. The van der Waals surface area contributed by atoms with Crippen LogP contribution in [0.15, 0.2) is 77.3 Å². The maximum Gasteiger partial charge on any atom is 0.258 e. The number of hydrogen-bond donors (Lipinski definition) is 0. The van der Waals surface area contributed by atoms with E-state index in [9.17, 15) is 4.79 Å². The summed E-state index contributed by atoms with van der Waals surface area (Å²) in [4.78, 5) is 21.6. The lowest BCUT2D eigenvalue weighted by atomic mass is 10.1. The Bertz CT molecular complexity index is 1310. The molecule has 1 fully saturated rings. The van der Waals surface area contributed by atoms with Crippen molar-refractivity contribution in [2.45, 2.75) is 13.0 Å². The van der Waals surface area contributed by atoms with Gasteiger partial charge in [-0.15, -0.1) is 0 Å². The van der Waals surface area contributed by atoms with E-state index < -0.39 is 0 Å². The Hall–Kier alpha value is -3.68. The van der Waals surface area contributed by atoms with E-state index in [0.29, 0.717) is 23.2 Å². The predicted octanol–water partition coefficient (Wildman–Crippen LogP) is 4.95. The third-order valence-corrected chi connectivity index (χ3v) is 6.59. The first-order valence-corrected chi connectivity index (χ1v) is 12.3. The molecule has 4 aromatic rings. The van der Waals surface area contributed by atoms with Crippen LogP contribution in [-0.2, 0) is 17.8 Å². The molecule has 1 saturated heterocycles. The second-order valence-corrected chi connectivity index (χ2v) is 9.25. The number of nitrogens with zero attached hydrogens (tertiary/aromatic N) is 4. The zero-order valence-corrected chi connectivity index (χ0v) is 20.8. The van der Waals surface area contributed by atoms with E-state index in [1.807, 2.05) is 53.4 Å². The normalized spacial score (nSPS) is 14.1. The number of rotatable bonds is 7. The minimum absolute atomic E-state index is 0.168. The third kappa shape index (κ3) is 5.75. The highest BCUT2D eigenvalue weighted by Gasteiger charge is 2.21. The zero-order chi connectivity index (χ0) is 24.9. The van der Waals surface area contributed by atoms with Gasteiger partial charge in [-0.25, -0.2) is 0 Å². The van der Waals surface area contributed by atoms with Crippen LogP contribution in [0, 0.1) is 0 Å². The Kier molecular flexibility index (Phi) is 7.30. The van der Waals surface area contributed by atoms with Crippen LogP contribution < -0.4 is 4.74 Å². The molecule has 0 unspecified atom stereocenters. The lowest BCUT2D eigenvalue weighted by molar-refractivity contribution is -0.132. The molecule has 1 amide bonds. The third-order valence-electron chi connectivity index (χ3n) is 6.36. The molecule has 7 nitrogen and oxygen atoms in total. The lowest BCUT2D eigenvalue weighted by Gasteiger charge is -2.35. The highest BCUT2D eigenvalue weighted by atomic mass is 35.5. The molecule has 0 N–H and O–H groups in total. The number of ether oxygens (including phenoxy) is 1. The van der Waals surface area contributed by atoms with E-state index in [1.54, 1.807) is 19.2 Å². The van der Waals surface area contributed by atoms with Gasteiger partial charge in [0, 0.05) is 48.9 Å². The topological polar surface area (TPSA) is 71.7 Å². The Labute approximate surface area is 215 Å². The van der Waals surface area contributed by atoms with Crippen LogP contribution in [0.25, 0.3) is 22.8 Å². The molecular formula is C28H27ClN4O3. The van der Waals surface area contributed by atoms with Crippen LogP contribution in [0.1, 0.15) is 11.1 Å². The molecular weight excluding hydrogens is 476 g/mol. The molecule has 36 heavy (non-hydrogen) atoms. The van der Waals surface area contributed by atoms with E-state index in [0.717, 1.165) is 55.2 Å². The molecule has 0 saturated carbocycles. The predicted molar refractivity (Wildman–Crippen MR) is 139 cm³/mol.